The highest BCUT2D eigenvalue weighted by Gasteiger charge is 2.34. The van der Waals surface area contributed by atoms with Gasteiger partial charge >= 0.3 is 5.97 Å². The van der Waals surface area contributed by atoms with E-state index in [0.29, 0.717) is 5.57 Å². The van der Waals surface area contributed by atoms with Crippen molar-refractivity contribution in [2.75, 3.05) is 7.11 Å². The maximum atomic E-state index is 11.3. The summed E-state index contributed by atoms with van der Waals surface area (Å²) < 4.78 is 11.0. The van der Waals surface area contributed by atoms with Crippen LogP contribution in [0.3, 0.4) is 0 Å². The fourth-order valence-electron chi connectivity index (χ4n) is 1.39. The van der Waals surface area contributed by atoms with Crippen molar-refractivity contribution in [3.8, 4) is 0 Å². The van der Waals surface area contributed by atoms with Gasteiger partial charge in [0.25, 0.3) is 0 Å². The Bertz CT molecular complexity index is 247. The topological polar surface area (TPSA) is 35.5 Å². The summed E-state index contributed by atoms with van der Waals surface area (Å²) in [5, 5.41) is 0. The highest BCUT2D eigenvalue weighted by Crippen LogP contribution is 2.33. The molecule has 0 saturated heterocycles. The van der Waals surface area contributed by atoms with Crippen molar-refractivity contribution in [3.63, 3.8) is 0 Å². The van der Waals surface area contributed by atoms with Crippen molar-refractivity contribution in [3.05, 3.63) is 10.1 Å². The Morgan fingerprint density at radius 1 is 1.69 bits per heavy atom. The van der Waals surface area contributed by atoms with Gasteiger partial charge in [-0.15, -0.1) is 0 Å². The molecule has 1 aliphatic rings. The molecule has 0 bridgehead atoms. The lowest BCUT2D eigenvalue weighted by Crippen LogP contribution is -2.17. The lowest BCUT2D eigenvalue weighted by Gasteiger charge is -2.10. The molecule has 13 heavy (non-hydrogen) atoms. The molecule has 0 spiro atoms. The first-order valence-electron chi connectivity index (χ1n) is 4.25. The van der Waals surface area contributed by atoms with Gasteiger partial charge in [0, 0.05) is 4.48 Å². The first-order chi connectivity index (χ1) is 6.11. The number of esters is 1. The van der Waals surface area contributed by atoms with Crippen LogP contribution in [0.2, 0.25) is 0 Å². The smallest absolute Gasteiger partial charge is 0.337 e. The number of hydrogen-bond donors (Lipinski definition) is 0. The van der Waals surface area contributed by atoms with E-state index in [4.69, 9.17) is 4.74 Å². The van der Waals surface area contributed by atoms with E-state index < -0.39 is 0 Å². The van der Waals surface area contributed by atoms with Crippen molar-refractivity contribution in [2.45, 2.75) is 32.5 Å². The Hall–Kier alpha value is -0.350. The van der Waals surface area contributed by atoms with Crippen LogP contribution in [0.15, 0.2) is 10.1 Å². The molecule has 1 rings (SSSR count). The average molecular weight is 249 g/mol. The van der Waals surface area contributed by atoms with Crippen LogP contribution in [-0.4, -0.2) is 25.3 Å². The van der Waals surface area contributed by atoms with Gasteiger partial charge in [-0.25, -0.2) is 4.79 Å². The largest absolute Gasteiger partial charge is 0.466 e. The lowest BCUT2D eigenvalue weighted by molar-refractivity contribution is -0.137. The fourth-order valence-corrected chi connectivity index (χ4v) is 1.91. The molecule has 0 amide bonds. The highest BCUT2D eigenvalue weighted by molar-refractivity contribution is 9.11. The van der Waals surface area contributed by atoms with Gasteiger partial charge in [-0.2, -0.15) is 0 Å². The minimum atomic E-state index is -0.303. The minimum absolute atomic E-state index is 0.0425. The van der Waals surface area contributed by atoms with Crippen LogP contribution in [0.4, 0.5) is 0 Å². The number of ether oxygens (including phenoxy) is 2. The molecule has 0 fully saturated rings. The van der Waals surface area contributed by atoms with Crippen LogP contribution in [0.5, 0.6) is 0 Å². The summed E-state index contributed by atoms with van der Waals surface area (Å²) in [4.78, 5) is 11.3. The predicted molar refractivity (Wildman–Crippen MR) is 52.6 cm³/mol. The summed E-state index contributed by atoms with van der Waals surface area (Å²) in [6, 6.07) is 0. The normalized spacial score (nSPS) is 28.0. The van der Waals surface area contributed by atoms with Gasteiger partial charge in [0.05, 0.1) is 24.9 Å². The maximum Gasteiger partial charge on any atom is 0.337 e. The Morgan fingerprint density at radius 3 is 2.77 bits per heavy atom. The van der Waals surface area contributed by atoms with Crippen molar-refractivity contribution in [2.24, 2.45) is 0 Å². The summed E-state index contributed by atoms with van der Waals surface area (Å²) in [6.45, 7) is 3.88. The van der Waals surface area contributed by atoms with Gasteiger partial charge in [0.2, 0.25) is 0 Å². The second-order valence-corrected chi connectivity index (χ2v) is 3.78. The summed E-state index contributed by atoms with van der Waals surface area (Å²) in [7, 11) is 1.38. The van der Waals surface area contributed by atoms with Crippen molar-refractivity contribution < 1.29 is 14.3 Å². The predicted octanol–water partition coefficient (Wildman–Crippen LogP) is 2.01. The highest BCUT2D eigenvalue weighted by atomic mass is 79.9. The van der Waals surface area contributed by atoms with E-state index in [-0.39, 0.29) is 18.2 Å². The third-order valence-electron chi connectivity index (χ3n) is 2.08. The van der Waals surface area contributed by atoms with Crippen LogP contribution in [0.25, 0.3) is 0 Å². The second-order valence-electron chi connectivity index (χ2n) is 2.93. The van der Waals surface area contributed by atoms with E-state index in [1.165, 1.54) is 7.11 Å². The van der Waals surface area contributed by atoms with Gasteiger partial charge in [-0.05, 0) is 13.3 Å². The second kappa shape index (κ2) is 4.24. The van der Waals surface area contributed by atoms with E-state index in [0.717, 1.165) is 10.9 Å². The molecular formula is C9H13BrO3. The molecule has 1 unspecified atom stereocenters. The van der Waals surface area contributed by atoms with Gasteiger partial charge in [-0.1, -0.05) is 22.9 Å². The first kappa shape index (κ1) is 10.7. The van der Waals surface area contributed by atoms with E-state index in [1.807, 2.05) is 13.8 Å². The summed E-state index contributed by atoms with van der Waals surface area (Å²) in [6.07, 6.45) is 0.611. The first-order valence-corrected chi connectivity index (χ1v) is 5.04. The molecule has 74 valence electrons. The van der Waals surface area contributed by atoms with Gasteiger partial charge in [0.15, 0.2) is 0 Å². The molecule has 1 heterocycles. The van der Waals surface area contributed by atoms with Crippen molar-refractivity contribution >= 4 is 21.9 Å². The number of carbonyl (C=O) groups is 1. The van der Waals surface area contributed by atoms with E-state index in [1.54, 1.807) is 0 Å². The van der Waals surface area contributed by atoms with Crippen LogP contribution < -0.4 is 0 Å². The molecule has 0 N–H and O–H groups in total. The Kier molecular flexibility index (Phi) is 3.50. The average Bonchev–Trinajstić information content (AvgIpc) is 2.42. The summed E-state index contributed by atoms with van der Waals surface area (Å²) >= 11 is 3.35. The van der Waals surface area contributed by atoms with E-state index in [2.05, 4.69) is 20.7 Å². The zero-order chi connectivity index (χ0) is 10.0. The molecule has 1 aliphatic heterocycles. The molecular weight excluding hydrogens is 236 g/mol. The van der Waals surface area contributed by atoms with Crippen LogP contribution in [0.1, 0.15) is 20.3 Å². The standard InChI is InChI=1S/C9H13BrO3/c1-4-6-7(9(11)12-3)8(10)5(2)13-6/h5-6H,4H2,1-3H3/t5-,6?/m0/s1. The molecule has 2 atom stereocenters. The van der Waals surface area contributed by atoms with E-state index in [9.17, 15) is 4.79 Å². The zero-order valence-corrected chi connectivity index (χ0v) is 9.55. The van der Waals surface area contributed by atoms with Crippen molar-refractivity contribution in [1.82, 2.24) is 0 Å². The monoisotopic (exact) mass is 248 g/mol. The third-order valence-corrected chi connectivity index (χ3v) is 3.15. The van der Waals surface area contributed by atoms with Gasteiger partial charge < -0.3 is 9.47 Å². The lowest BCUT2D eigenvalue weighted by atomic mass is 10.1. The zero-order valence-electron chi connectivity index (χ0n) is 7.96. The van der Waals surface area contributed by atoms with Crippen LogP contribution in [0, 0.1) is 0 Å². The molecule has 0 aromatic rings. The Morgan fingerprint density at radius 2 is 2.31 bits per heavy atom. The van der Waals surface area contributed by atoms with Crippen molar-refractivity contribution in [1.29, 1.82) is 0 Å². The summed E-state index contributed by atoms with van der Waals surface area (Å²) in [5.74, 6) is -0.303. The molecule has 0 radical (unpaired) electrons. The SMILES string of the molecule is CCC1O[C@@H](C)C(Br)=C1C(=O)OC. The number of methoxy groups -OCH3 is 1. The number of halogens is 1. The molecule has 0 aliphatic carbocycles. The molecule has 4 heteroatoms. The minimum Gasteiger partial charge on any atom is -0.466 e. The molecule has 3 nitrogen and oxygen atoms in total. The molecule has 0 saturated carbocycles. The number of hydrogen-bond acceptors (Lipinski definition) is 3. The Balaban J connectivity index is 2.93. The third kappa shape index (κ3) is 1.94. The van der Waals surface area contributed by atoms with E-state index >= 15 is 0 Å². The van der Waals surface area contributed by atoms with Gasteiger partial charge in [-0.3, -0.25) is 0 Å². The van der Waals surface area contributed by atoms with Gasteiger partial charge in [0.1, 0.15) is 0 Å². The summed E-state index contributed by atoms with van der Waals surface area (Å²) in [5.41, 5.74) is 0.623. The quantitative estimate of drug-likeness (QED) is 0.702. The van der Waals surface area contributed by atoms with Crippen LogP contribution in [-0.2, 0) is 14.3 Å². The molecule has 0 aromatic carbocycles. The maximum absolute atomic E-state index is 11.3. The molecule has 0 aromatic heterocycles. The number of rotatable bonds is 2. The Labute approximate surface area is 86.2 Å². The fraction of sp³-hybridized carbons (Fsp3) is 0.667. The van der Waals surface area contributed by atoms with Crippen LogP contribution >= 0.6 is 15.9 Å². The number of carbonyl (C=O) groups excluding carboxylic acids is 1.